The van der Waals surface area contributed by atoms with Crippen molar-refractivity contribution in [1.82, 2.24) is 0 Å². The van der Waals surface area contributed by atoms with E-state index in [1.807, 2.05) is 24.3 Å². The molecule has 0 N–H and O–H groups in total. The van der Waals surface area contributed by atoms with Crippen molar-refractivity contribution in [3.05, 3.63) is 56.1 Å². The summed E-state index contributed by atoms with van der Waals surface area (Å²) < 4.78 is 39.4. The first-order valence-electron chi connectivity index (χ1n) is 5.00. The third-order valence-corrected chi connectivity index (χ3v) is 3.86. The van der Waals surface area contributed by atoms with Gasteiger partial charge in [0.05, 0.1) is 5.56 Å². The summed E-state index contributed by atoms with van der Waals surface area (Å²) >= 11 is 5.08. The first-order valence-corrected chi connectivity index (χ1v) is 6.88. The molecule has 2 rings (SSSR count). The molecule has 2 aromatic carbocycles. The third kappa shape index (κ3) is 3.06. The fraction of sp³-hybridized carbons (Fsp3) is 0.0769. The molecule has 0 spiro atoms. The van der Waals surface area contributed by atoms with Crippen LogP contribution in [0.15, 0.2) is 46.9 Å². The second kappa shape index (κ2) is 5.21. The standard InChI is InChI=1S/C13H7BrF3I/c14-12-6-3-9(7-11(12)13(15,16)17)8-1-4-10(18)5-2-8/h1-7H. The van der Waals surface area contributed by atoms with Gasteiger partial charge in [0.15, 0.2) is 0 Å². The van der Waals surface area contributed by atoms with Crippen LogP contribution in [0.2, 0.25) is 0 Å². The first kappa shape index (κ1) is 13.9. The minimum Gasteiger partial charge on any atom is -0.166 e. The van der Waals surface area contributed by atoms with Crippen molar-refractivity contribution < 1.29 is 13.2 Å². The van der Waals surface area contributed by atoms with Crippen LogP contribution in [0, 0.1) is 3.57 Å². The van der Waals surface area contributed by atoms with Crippen molar-refractivity contribution in [3.8, 4) is 11.1 Å². The van der Waals surface area contributed by atoms with E-state index < -0.39 is 11.7 Å². The predicted molar refractivity (Wildman–Crippen MR) is 77.3 cm³/mol. The molecule has 0 aliphatic rings. The lowest BCUT2D eigenvalue weighted by atomic mass is 10.0. The van der Waals surface area contributed by atoms with E-state index in [1.165, 1.54) is 6.07 Å². The second-order valence-electron chi connectivity index (χ2n) is 3.70. The van der Waals surface area contributed by atoms with E-state index >= 15 is 0 Å². The van der Waals surface area contributed by atoms with Crippen LogP contribution in [0.5, 0.6) is 0 Å². The Kier molecular flexibility index (Phi) is 4.01. The highest BCUT2D eigenvalue weighted by Gasteiger charge is 2.33. The smallest absolute Gasteiger partial charge is 0.166 e. The molecule has 0 saturated heterocycles. The summed E-state index contributed by atoms with van der Waals surface area (Å²) in [6, 6.07) is 11.6. The molecule has 0 radical (unpaired) electrons. The van der Waals surface area contributed by atoms with E-state index in [0.29, 0.717) is 5.56 Å². The lowest BCUT2D eigenvalue weighted by Crippen LogP contribution is -2.06. The number of alkyl halides is 3. The van der Waals surface area contributed by atoms with Crippen molar-refractivity contribution >= 4 is 38.5 Å². The Morgan fingerprint density at radius 2 is 1.44 bits per heavy atom. The molecule has 0 aliphatic carbocycles. The summed E-state index contributed by atoms with van der Waals surface area (Å²) in [5.74, 6) is 0. The number of halogens is 5. The number of benzene rings is 2. The van der Waals surface area contributed by atoms with Gasteiger partial charge in [-0.3, -0.25) is 0 Å². The minimum atomic E-state index is -4.35. The molecule has 0 fully saturated rings. The molecule has 0 unspecified atom stereocenters. The van der Waals surface area contributed by atoms with Crippen LogP contribution >= 0.6 is 38.5 Å². The van der Waals surface area contributed by atoms with Gasteiger partial charge in [0.2, 0.25) is 0 Å². The maximum absolute atomic E-state index is 12.8. The van der Waals surface area contributed by atoms with Crippen LogP contribution in [-0.2, 0) is 6.18 Å². The molecule has 0 aromatic heterocycles. The molecule has 0 bridgehead atoms. The van der Waals surface area contributed by atoms with Crippen molar-refractivity contribution in [2.75, 3.05) is 0 Å². The van der Waals surface area contributed by atoms with Crippen LogP contribution < -0.4 is 0 Å². The highest BCUT2D eigenvalue weighted by atomic mass is 127. The van der Waals surface area contributed by atoms with Crippen molar-refractivity contribution in [3.63, 3.8) is 0 Å². The Morgan fingerprint density at radius 3 is 2.00 bits per heavy atom. The normalized spacial score (nSPS) is 11.6. The number of rotatable bonds is 1. The number of hydrogen-bond acceptors (Lipinski definition) is 0. The SMILES string of the molecule is FC(F)(F)c1cc(-c2ccc(I)cc2)ccc1Br. The zero-order valence-corrected chi connectivity index (χ0v) is 12.7. The number of hydrogen-bond donors (Lipinski definition) is 0. The van der Waals surface area contributed by atoms with Gasteiger partial charge in [-0.1, -0.05) is 34.1 Å². The maximum Gasteiger partial charge on any atom is 0.417 e. The largest absolute Gasteiger partial charge is 0.417 e. The van der Waals surface area contributed by atoms with Gasteiger partial charge < -0.3 is 0 Å². The van der Waals surface area contributed by atoms with Crippen molar-refractivity contribution in [2.24, 2.45) is 0 Å². The van der Waals surface area contributed by atoms with Gasteiger partial charge in [-0.05, 0) is 58.0 Å². The van der Waals surface area contributed by atoms with Gasteiger partial charge in [-0.2, -0.15) is 13.2 Å². The van der Waals surface area contributed by atoms with Gasteiger partial charge in [0, 0.05) is 8.04 Å². The Morgan fingerprint density at radius 1 is 0.889 bits per heavy atom. The van der Waals surface area contributed by atoms with Crippen LogP contribution in [0.4, 0.5) is 13.2 Å². The Hall–Kier alpha value is -0.560. The first-order chi connectivity index (χ1) is 8.38. The molecule has 18 heavy (non-hydrogen) atoms. The predicted octanol–water partition coefficient (Wildman–Crippen LogP) is 5.74. The van der Waals surface area contributed by atoms with E-state index in [9.17, 15) is 13.2 Å². The van der Waals surface area contributed by atoms with E-state index in [0.717, 1.165) is 15.2 Å². The molecule has 0 nitrogen and oxygen atoms in total. The van der Waals surface area contributed by atoms with Gasteiger partial charge in [0.25, 0.3) is 0 Å². The van der Waals surface area contributed by atoms with Gasteiger partial charge in [0.1, 0.15) is 0 Å². The van der Waals surface area contributed by atoms with Crippen LogP contribution in [0.25, 0.3) is 11.1 Å². The lowest BCUT2D eigenvalue weighted by Gasteiger charge is -2.11. The zero-order chi connectivity index (χ0) is 13.3. The van der Waals surface area contributed by atoms with Crippen LogP contribution in [-0.4, -0.2) is 0 Å². The summed E-state index contributed by atoms with van der Waals surface area (Å²) in [5, 5.41) is 0. The fourth-order valence-electron chi connectivity index (χ4n) is 1.56. The Balaban J connectivity index is 2.50. The summed E-state index contributed by atoms with van der Waals surface area (Å²) in [5.41, 5.74) is 0.675. The molecule has 5 heteroatoms. The molecule has 0 aliphatic heterocycles. The second-order valence-corrected chi connectivity index (χ2v) is 5.80. The minimum absolute atomic E-state index is 0.0595. The molecule has 2 aromatic rings. The summed E-state index contributed by atoms with van der Waals surface area (Å²) in [6.45, 7) is 0. The summed E-state index contributed by atoms with van der Waals surface area (Å²) in [4.78, 5) is 0. The van der Waals surface area contributed by atoms with E-state index in [4.69, 9.17) is 0 Å². The Labute approximate surface area is 124 Å². The quantitative estimate of drug-likeness (QED) is 0.510. The molecule has 94 valence electrons. The highest BCUT2D eigenvalue weighted by Crippen LogP contribution is 2.37. The van der Waals surface area contributed by atoms with Crippen molar-refractivity contribution in [1.29, 1.82) is 0 Å². The Bertz CT molecular complexity index is 561. The zero-order valence-electron chi connectivity index (χ0n) is 8.93. The van der Waals surface area contributed by atoms with E-state index in [1.54, 1.807) is 6.07 Å². The lowest BCUT2D eigenvalue weighted by molar-refractivity contribution is -0.138. The van der Waals surface area contributed by atoms with Gasteiger partial charge in [-0.25, -0.2) is 0 Å². The van der Waals surface area contributed by atoms with Gasteiger partial charge >= 0.3 is 6.18 Å². The van der Waals surface area contributed by atoms with Crippen LogP contribution in [0.1, 0.15) is 5.56 Å². The molecular weight excluding hydrogens is 420 g/mol. The molecule has 0 atom stereocenters. The monoisotopic (exact) mass is 426 g/mol. The molecular formula is C13H7BrF3I. The average molecular weight is 427 g/mol. The third-order valence-electron chi connectivity index (χ3n) is 2.45. The summed E-state index contributed by atoms with van der Waals surface area (Å²) in [7, 11) is 0. The average Bonchev–Trinajstić information content (AvgIpc) is 2.29. The highest BCUT2D eigenvalue weighted by molar-refractivity contribution is 14.1. The fourth-order valence-corrected chi connectivity index (χ4v) is 2.40. The summed E-state index contributed by atoms with van der Waals surface area (Å²) in [6.07, 6.45) is -4.35. The van der Waals surface area contributed by atoms with E-state index in [-0.39, 0.29) is 4.47 Å². The van der Waals surface area contributed by atoms with Gasteiger partial charge in [-0.15, -0.1) is 0 Å². The maximum atomic E-state index is 12.8. The van der Waals surface area contributed by atoms with Crippen molar-refractivity contribution in [2.45, 2.75) is 6.18 Å². The molecule has 0 heterocycles. The topological polar surface area (TPSA) is 0 Å². The molecule has 0 saturated carbocycles. The molecule has 0 amide bonds. The van der Waals surface area contributed by atoms with E-state index in [2.05, 4.69) is 38.5 Å². The van der Waals surface area contributed by atoms with Crippen LogP contribution in [0.3, 0.4) is 0 Å².